The standard InChI is InChI=1S/C18H22ClN7O2/c1-28-23-10-15-16(20)21-11-22-17(15)26-8-6-14(7-9-26)25-18(27)24-13-4-2-12(19)3-5-13/h2-5,10-11,14H,6-9H2,1H3,(H2,20,21,22)(H2,24,25,27). The van der Waals surface area contributed by atoms with Crippen LogP contribution >= 0.6 is 11.6 Å². The molecule has 2 aromatic rings. The van der Waals surface area contributed by atoms with E-state index in [-0.39, 0.29) is 12.1 Å². The molecule has 4 N–H and O–H groups in total. The van der Waals surface area contributed by atoms with Crippen LogP contribution in [-0.4, -0.2) is 48.5 Å². The summed E-state index contributed by atoms with van der Waals surface area (Å²) in [5.74, 6) is 1.05. The summed E-state index contributed by atoms with van der Waals surface area (Å²) < 4.78 is 0. The van der Waals surface area contributed by atoms with E-state index in [1.165, 1.54) is 19.7 Å². The molecule has 0 atom stereocenters. The lowest BCUT2D eigenvalue weighted by Gasteiger charge is -2.33. The average Bonchev–Trinajstić information content (AvgIpc) is 2.69. The number of piperidine rings is 1. The number of anilines is 3. The van der Waals surface area contributed by atoms with Gasteiger partial charge in [0.1, 0.15) is 25.1 Å². The van der Waals surface area contributed by atoms with Crippen molar-refractivity contribution in [3.8, 4) is 0 Å². The van der Waals surface area contributed by atoms with Crippen LogP contribution in [-0.2, 0) is 4.84 Å². The van der Waals surface area contributed by atoms with Crippen molar-refractivity contribution in [3.05, 3.63) is 41.2 Å². The van der Waals surface area contributed by atoms with Crippen molar-refractivity contribution in [1.29, 1.82) is 0 Å². The zero-order valence-corrected chi connectivity index (χ0v) is 16.2. The van der Waals surface area contributed by atoms with Crippen molar-refractivity contribution in [3.63, 3.8) is 0 Å². The summed E-state index contributed by atoms with van der Waals surface area (Å²) >= 11 is 5.85. The smallest absolute Gasteiger partial charge is 0.319 e. The maximum atomic E-state index is 12.2. The van der Waals surface area contributed by atoms with Crippen molar-refractivity contribution < 1.29 is 9.63 Å². The molecule has 9 nitrogen and oxygen atoms in total. The molecule has 2 heterocycles. The first-order valence-corrected chi connectivity index (χ1v) is 9.19. The van der Waals surface area contributed by atoms with Gasteiger partial charge in [0.2, 0.25) is 0 Å². The summed E-state index contributed by atoms with van der Waals surface area (Å²) in [5, 5.41) is 10.2. The molecule has 0 aliphatic carbocycles. The molecule has 0 spiro atoms. The fraction of sp³-hybridized carbons (Fsp3) is 0.333. The number of carbonyl (C=O) groups is 1. The largest absolute Gasteiger partial charge is 0.399 e. The van der Waals surface area contributed by atoms with E-state index in [0.717, 1.165) is 25.9 Å². The number of rotatable bonds is 5. The number of nitrogens with one attached hydrogen (secondary N) is 2. The van der Waals surface area contributed by atoms with Crippen LogP contribution in [0.2, 0.25) is 5.02 Å². The predicted molar refractivity (Wildman–Crippen MR) is 110 cm³/mol. The molecule has 0 radical (unpaired) electrons. The third kappa shape index (κ3) is 5.01. The van der Waals surface area contributed by atoms with Crippen molar-refractivity contribution in [2.45, 2.75) is 18.9 Å². The van der Waals surface area contributed by atoms with Gasteiger partial charge >= 0.3 is 6.03 Å². The number of amides is 2. The molecule has 1 aromatic carbocycles. The van der Waals surface area contributed by atoms with E-state index in [1.54, 1.807) is 24.3 Å². The Morgan fingerprint density at radius 1 is 1.32 bits per heavy atom. The van der Waals surface area contributed by atoms with Gasteiger partial charge < -0.3 is 26.1 Å². The highest BCUT2D eigenvalue weighted by Crippen LogP contribution is 2.23. The Kier molecular flexibility index (Phi) is 6.49. The van der Waals surface area contributed by atoms with Gasteiger partial charge in [-0.25, -0.2) is 14.8 Å². The molecule has 3 rings (SSSR count). The summed E-state index contributed by atoms with van der Waals surface area (Å²) in [6.45, 7) is 1.44. The predicted octanol–water partition coefficient (Wildman–Crippen LogP) is 2.48. The Bertz CT molecular complexity index is 836. The third-order valence-electron chi connectivity index (χ3n) is 4.41. The number of nitrogens with two attached hydrogens (primary N) is 1. The number of halogens is 1. The van der Waals surface area contributed by atoms with Crippen LogP contribution in [0, 0.1) is 0 Å². The number of aromatic nitrogens is 2. The van der Waals surface area contributed by atoms with Crippen LogP contribution in [0.25, 0.3) is 0 Å². The Morgan fingerprint density at radius 2 is 2.04 bits per heavy atom. The normalized spacial score (nSPS) is 14.9. The second-order valence-corrected chi connectivity index (χ2v) is 6.72. The van der Waals surface area contributed by atoms with Crippen LogP contribution in [0.1, 0.15) is 18.4 Å². The van der Waals surface area contributed by atoms with Gasteiger partial charge in [-0.2, -0.15) is 0 Å². The van der Waals surface area contributed by atoms with E-state index in [1.807, 2.05) is 0 Å². The first-order chi connectivity index (χ1) is 13.6. The topological polar surface area (TPSA) is 118 Å². The fourth-order valence-corrected chi connectivity index (χ4v) is 3.13. The molecule has 0 saturated carbocycles. The molecule has 1 aliphatic heterocycles. The Morgan fingerprint density at radius 3 is 2.71 bits per heavy atom. The first kappa shape index (κ1) is 19.7. The quantitative estimate of drug-likeness (QED) is 0.521. The SMILES string of the molecule is CON=Cc1c(N)ncnc1N1CCC(NC(=O)Nc2ccc(Cl)cc2)CC1. The lowest BCUT2D eigenvalue weighted by Crippen LogP contribution is -2.46. The van der Waals surface area contributed by atoms with Gasteiger partial charge in [0.25, 0.3) is 0 Å². The van der Waals surface area contributed by atoms with Gasteiger partial charge in [-0.15, -0.1) is 0 Å². The molecule has 148 valence electrons. The number of hydrogen-bond donors (Lipinski definition) is 3. The first-order valence-electron chi connectivity index (χ1n) is 8.82. The lowest BCUT2D eigenvalue weighted by molar-refractivity contribution is 0.215. The molecular formula is C18H22ClN7O2. The van der Waals surface area contributed by atoms with Gasteiger partial charge in [0, 0.05) is 29.8 Å². The van der Waals surface area contributed by atoms with Crippen LogP contribution in [0.15, 0.2) is 35.7 Å². The van der Waals surface area contributed by atoms with Crippen molar-refractivity contribution in [2.24, 2.45) is 5.16 Å². The molecule has 1 aliphatic rings. The molecule has 28 heavy (non-hydrogen) atoms. The number of nitrogen functional groups attached to an aromatic ring is 1. The molecule has 2 amide bonds. The number of oxime groups is 1. The van der Waals surface area contributed by atoms with Crippen LogP contribution in [0.5, 0.6) is 0 Å². The number of hydrogen-bond acceptors (Lipinski definition) is 7. The Balaban J connectivity index is 1.56. The van der Waals surface area contributed by atoms with E-state index in [4.69, 9.17) is 22.2 Å². The van der Waals surface area contributed by atoms with Crippen molar-refractivity contribution in [2.75, 3.05) is 36.1 Å². The molecule has 1 fully saturated rings. The summed E-state index contributed by atoms with van der Waals surface area (Å²) in [7, 11) is 1.46. The minimum atomic E-state index is -0.236. The van der Waals surface area contributed by atoms with Gasteiger partial charge in [-0.1, -0.05) is 16.8 Å². The Hall–Kier alpha value is -3.07. The summed E-state index contributed by atoms with van der Waals surface area (Å²) in [6, 6.07) is 6.81. The summed E-state index contributed by atoms with van der Waals surface area (Å²) in [6.07, 6.45) is 4.49. The number of carbonyl (C=O) groups excluding carboxylic acids is 1. The van der Waals surface area contributed by atoms with E-state index in [0.29, 0.717) is 27.9 Å². The molecule has 10 heteroatoms. The van der Waals surface area contributed by atoms with Gasteiger partial charge in [0.05, 0.1) is 11.8 Å². The molecule has 1 aromatic heterocycles. The third-order valence-corrected chi connectivity index (χ3v) is 4.66. The Labute approximate surface area is 167 Å². The van der Waals surface area contributed by atoms with Crippen LogP contribution < -0.4 is 21.3 Å². The highest BCUT2D eigenvalue weighted by molar-refractivity contribution is 6.30. The minimum Gasteiger partial charge on any atom is -0.399 e. The van der Waals surface area contributed by atoms with Gasteiger partial charge in [-0.3, -0.25) is 0 Å². The summed E-state index contributed by atoms with van der Waals surface area (Å²) in [5.41, 5.74) is 7.26. The molecule has 1 saturated heterocycles. The van der Waals surface area contributed by atoms with E-state index in [2.05, 4.69) is 30.7 Å². The second kappa shape index (κ2) is 9.23. The van der Waals surface area contributed by atoms with E-state index in [9.17, 15) is 4.79 Å². The van der Waals surface area contributed by atoms with E-state index < -0.39 is 0 Å². The molecule has 0 bridgehead atoms. The van der Waals surface area contributed by atoms with Gasteiger partial charge in [0.15, 0.2) is 0 Å². The van der Waals surface area contributed by atoms with Crippen molar-refractivity contribution >= 4 is 41.2 Å². The van der Waals surface area contributed by atoms with Crippen molar-refractivity contribution in [1.82, 2.24) is 15.3 Å². The monoisotopic (exact) mass is 403 g/mol. The molecule has 0 unspecified atom stereocenters. The summed E-state index contributed by atoms with van der Waals surface area (Å²) in [4.78, 5) is 27.4. The average molecular weight is 404 g/mol. The van der Waals surface area contributed by atoms with Crippen LogP contribution in [0.3, 0.4) is 0 Å². The zero-order valence-electron chi connectivity index (χ0n) is 15.4. The number of urea groups is 1. The minimum absolute atomic E-state index is 0.0684. The van der Waals surface area contributed by atoms with E-state index >= 15 is 0 Å². The zero-order chi connectivity index (χ0) is 19.9. The van der Waals surface area contributed by atoms with Crippen LogP contribution in [0.4, 0.5) is 22.1 Å². The maximum absolute atomic E-state index is 12.2. The number of nitrogens with zero attached hydrogens (tertiary/aromatic N) is 4. The highest BCUT2D eigenvalue weighted by Gasteiger charge is 2.24. The second-order valence-electron chi connectivity index (χ2n) is 6.28. The highest BCUT2D eigenvalue weighted by atomic mass is 35.5. The molecular weight excluding hydrogens is 382 g/mol. The maximum Gasteiger partial charge on any atom is 0.319 e. The lowest BCUT2D eigenvalue weighted by atomic mass is 10.0. The number of benzene rings is 1. The fourth-order valence-electron chi connectivity index (χ4n) is 3.00. The van der Waals surface area contributed by atoms with Gasteiger partial charge in [-0.05, 0) is 37.1 Å².